The second-order valence-electron chi connectivity index (χ2n) is 5.42. The van der Waals surface area contributed by atoms with E-state index in [2.05, 4.69) is 55.6 Å². The van der Waals surface area contributed by atoms with Gasteiger partial charge in [0, 0.05) is 6.42 Å². The summed E-state index contributed by atoms with van der Waals surface area (Å²) >= 11 is 0. The van der Waals surface area contributed by atoms with Gasteiger partial charge in [0.25, 0.3) is 0 Å². The summed E-state index contributed by atoms with van der Waals surface area (Å²) in [4.78, 5) is 12.1. The van der Waals surface area contributed by atoms with E-state index in [0.29, 0.717) is 6.42 Å². The van der Waals surface area contributed by atoms with Crippen molar-refractivity contribution in [3.8, 4) is 0 Å². The lowest BCUT2D eigenvalue weighted by atomic mass is 10.0. The lowest BCUT2D eigenvalue weighted by Gasteiger charge is -2.17. The number of hydrogen-bond acceptors (Lipinski definition) is 1. The van der Waals surface area contributed by atoms with E-state index >= 15 is 0 Å². The van der Waals surface area contributed by atoms with E-state index in [9.17, 15) is 4.79 Å². The topological polar surface area (TPSA) is 29.1 Å². The largest absolute Gasteiger partial charge is 0.349 e. The average molecular weight is 281 g/mol. The fourth-order valence-electron chi connectivity index (χ4n) is 2.39. The Balaban J connectivity index is 1.87. The van der Waals surface area contributed by atoms with Crippen LogP contribution in [0.5, 0.6) is 0 Å². The van der Waals surface area contributed by atoms with Crippen LogP contribution in [0.15, 0.2) is 54.6 Å². The Morgan fingerprint density at radius 3 is 2.33 bits per heavy atom. The molecular weight excluding hydrogens is 258 g/mol. The minimum atomic E-state index is 0.108. The van der Waals surface area contributed by atoms with E-state index in [1.54, 1.807) is 0 Å². The van der Waals surface area contributed by atoms with E-state index in [1.807, 2.05) is 18.2 Å². The van der Waals surface area contributed by atoms with Crippen LogP contribution in [0.3, 0.4) is 0 Å². The van der Waals surface area contributed by atoms with Crippen molar-refractivity contribution in [1.29, 1.82) is 0 Å². The van der Waals surface area contributed by atoms with E-state index in [-0.39, 0.29) is 11.9 Å². The highest BCUT2D eigenvalue weighted by Gasteiger charge is 2.12. The van der Waals surface area contributed by atoms with Crippen LogP contribution < -0.4 is 5.32 Å². The summed E-state index contributed by atoms with van der Waals surface area (Å²) in [7, 11) is 0. The molecule has 2 nitrogen and oxygen atoms in total. The van der Waals surface area contributed by atoms with Gasteiger partial charge in [0.2, 0.25) is 5.91 Å². The molecule has 2 rings (SSSR count). The van der Waals surface area contributed by atoms with Crippen molar-refractivity contribution >= 4 is 5.91 Å². The molecule has 0 fully saturated rings. The molecule has 0 bridgehead atoms. The van der Waals surface area contributed by atoms with Crippen LogP contribution in [-0.2, 0) is 11.2 Å². The van der Waals surface area contributed by atoms with Crippen LogP contribution in [-0.4, -0.2) is 5.91 Å². The summed E-state index contributed by atoms with van der Waals surface area (Å²) in [6.07, 6.45) is 2.23. The number of carbonyl (C=O) groups is 1. The Hall–Kier alpha value is -2.09. The lowest BCUT2D eigenvalue weighted by molar-refractivity contribution is -0.121. The van der Waals surface area contributed by atoms with Crippen molar-refractivity contribution in [2.45, 2.75) is 39.2 Å². The molecule has 110 valence electrons. The molecule has 0 spiro atoms. The van der Waals surface area contributed by atoms with Gasteiger partial charge in [-0.1, -0.05) is 67.1 Å². The molecule has 2 aromatic carbocycles. The number of amides is 1. The van der Waals surface area contributed by atoms with Gasteiger partial charge >= 0.3 is 0 Å². The van der Waals surface area contributed by atoms with Crippen molar-refractivity contribution in [3.05, 3.63) is 71.3 Å². The average Bonchev–Trinajstić information content (AvgIpc) is 2.53. The van der Waals surface area contributed by atoms with E-state index in [4.69, 9.17) is 0 Å². The van der Waals surface area contributed by atoms with Gasteiger partial charge in [-0.3, -0.25) is 4.79 Å². The molecule has 0 radical (unpaired) electrons. The molecule has 1 amide bonds. The van der Waals surface area contributed by atoms with Crippen LogP contribution in [0.1, 0.15) is 42.5 Å². The van der Waals surface area contributed by atoms with Crippen LogP contribution in [0, 0.1) is 6.92 Å². The smallest absolute Gasteiger partial charge is 0.220 e. The standard InChI is InChI=1S/C19H23NO/c1-3-18(17-7-5-4-6-8-17)20-19(21)14-13-16-11-9-15(2)10-12-16/h4-12,18H,3,13-14H2,1-2H3,(H,20,21)/t18-/m0/s1. The van der Waals surface area contributed by atoms with Crippen LogP contribution in [0.4, 0.5) is 0 Å². The maximum Gasteiger partial charge on any atom is 0.220 e. The van der Waals surface area contributed by atoms with Gasteiger partial charge in [-0.2, -0.15) is 0 Å². The van der Waals surface area contributed by atoms with Crippen molar-refractivity contribution in [2.24, 2.45) is 0 Å². The minimum Gasteiger partial charge on any atom is -0.349 e. The highest BCUT2D eigenvalue weighted by molar-refractivity contribution is 5.76. The van der Waals surface area contributed by atoms with Gasteiger partial charge in [-0.25, -0.2) is 0 Å². The zero-order chi connectivity index (χ0) is 15.1. The van der Waals surface area contributed by atoms with Crippen molar-refractivity contribution in [3.63, 3.8) is 0 Å². The molecule has 0 aliphatic rings. The maximum absolute atomic E-state index is 12.1. The van der Waals surface area contributed by atoms with Gasteiger partial charge in [-0.15, -0.1) is 0 Å². The Labute approximate surface area is 127 Å². The normalized spacial score (nSPS) is 11.9. The molecule has 0 aliphatic carbocycles. The summed E-state index contributed by atoms with van der Waals surface area (Å²) in [5.74, 6) is 0.117. The molecule has 1 N–H and O–H groups in total. The molecule has 0 saturated heterocycles. The third kappa shape index (κ3) is 4.75. The highest BCUT2D eigenvalue weighted by Crippen LogP contribution is 2.16. The fraction of sp³-hybridized carbons (Fsp3) is 0.316. The Morgan fingerprint density at radius 1 is 1.05 bits per heavy atom. The first kappa shape index (κ1) is 15.3. The Morgan fingerprint density at radius 2 is 1.71 bits per heavy atom. The van der Waals surface area contributed by atoms with E-state index in [1.165, 1.54) is 16.7 Å². The molecular formula is C19H23NO. The number of carbonyl (C=O) groups excluding carboxylic acids is 1. The third-order valence-electron chi connectivity index (χ3n) is 3.71. The molecule has 1 atom stereocenters. The van der Waals surface area contributed by atoms with Crippen molar-refractivity contribution in [2.75, 3.05) is 0 Å². The quantitative estimate of drug-likeness (QED) is 0.845. The highest BCUT2D eigenvalue weighted by atomic mass is 16.1. The first-order valence-electron chi connectivity index (χ1n) is 7.59. The molecule has 0 unspecified atom stereocenters. The molecule has 0 aromatic heterocycles. The molecule has 0 aliphatic heterocycles. The molecule has 2 aromatic rings. The van der Waals surface area contributed by atoms with Gasteiger partial charge < -0.3 is 5.32 Å². The second-order valence-corrected chi connectivity index (χ2v) is 5.42. The zero-order valence-electron chi connectivity index (χ0n) is 12.8. The van der Waals surface area contributed by atoms with Gasteiger partial charge in [-0.05, 0) is 30.9 Å². The van der Waals surface area contributed by atoms with Gasteiger partial charge in [0.15, 0.2) is 0 Å². The summed E-state index contributed by atoms with van der Waals surface area (Å²) in [6, 6.07) is 18.6. The minimum absolute atomic E-state index is 0.108. The number of rotatable bonds is 6. The van der Waals surface area contributed by atoms with Crippen LogP contribution in [0.25, 0.3) is 0 Å². The van der Waals surface area contributed by atoms with E-state index < -0.39 is 0 Å². The maximum atomic E-state index is 12.1. The number of aryl methyl sites for hydroxylation is 2. The predicted molar refractivity (Wildman–Crippen MR) is 87.1 cm³/mol. The van der Waals surface area contributed by atoms with Gasteiger partial charge in [0.1, 0.15) is 0 Å². The molecule has 2 heteroatoms. The first-order chi connectivity index (χ1) is 10.2. The van der Waals surface area contributed by atoms with Crippen molar-refractivity contribution < 1.29 is 4.79 Å². The first-order valence-corrected chi connectivity index (χ1v) is 7.59. The molecule has 21 heavy (non-hydrogen) atoms. The molecule has 0 heterocycles. The fourth-order valence-corrected chi connectivity index (χ4v) is 2.39. The summed E-state index contributed by atoms with van der Waals surface area (Å²) in [5, 5.41) is 3.13. The van der Waals surface area contributed by atoms with Gasteiger partial charge in [0.05, 0.1) is 6.04 Å². The number of benzene rings is 2. The van der Waals surface area contributed by atoms with E-state index in [0.717, 1.165) is 12.8 Å². The lowest BCUT2D eigenvalue weighted by Crippen LogP contribution is -2.28. The predicted octanol–water partition coefficient (Wildman–Crippen LogP) is 4.20. The summed E-state index contributed by atoms with van der Waals surface area (Å²) < 4.78 is 0. The Bertz CT molecular complexity index is 560. The van der Waals surface area contributed by atoms with Crippen LogP contribution >= 0.6 is 0 Å². The Kier molecular flexibility index (Phi) is 5.56. The monoisotopic (exact) mass is 281 g/mol. The van der Waals surface area contributed by atoms with Crippen LogP contribution in [0.2, 0.25) is 0 Å². The third-order valence-corrected chi connectivity index (χ3v) is 3.71. The van der Waals surface area contributed by atoms with Crippen molar-refractivity contribution in [1.82, 2.24) is 5.32 Å². The molecule has 0 saturated carbocycles. The number of hydrogen-bond donors (Lipinski definition) is 1. The second kappa shape index (κ2) is 7.63. The zero-order valence-corrected chi connectivity index (χ0v) is 12.8. The summed E-state index contributed by atoms with van der Waals surface area (Å²) in [6.45, 7) is 4.17. The SMILES string of the molecule is CC[C@H](NC(=O)CCc1ccc(C)cc1)c1ccccc1. The number of nitrogens with one attached hydrogen (secondary N) is 1. The summed E-state index contributed by atoms with van der Waals surface area (Å²) in [5.41, 5.74) is 3.63.